The fourth-order valence-corrected chi connectivity index (χ4v) is 23.6. The van der Waals surface area contributed by atoms with Gasteiger partial charge in [-0.3, -0.25) is 4.98 Å². The Balaban J connectivity index is 0.000000145. The zero-order valence-electron chi connectivity index (χ0n) is 78.1. The highest BCUT2D eigenvalue weighted by atomic mass is 15.1. The van der Waals surface area contributed by atoms with E-state index in [0.29, 0.717) is 0 Å². The van der Waals surface area contributed by atoms with Gasteiger partial charge in [-0.15, -0.1) is 0 Å². The molecule has 0 fully saturated rings. The Hall–Kier alpha value is -18.0. The zero-order chi connectivity index (χ0) is 93.7. The molecule has 0 N–H and O–H groups in total. The molecule has 0 radical (unpaired) electrons. The maximum Gasteiger partial charge on any atom is 0.0714 e. The molecule has 0 saturated carbocycles. The number of para-hydroxylation sites is 4. The summed E-state index contributed by atoms with van der Waals surface area (Å²) in [5, 5.41) is 4.94. The summed E-state index contributed by atoms with van der Waals surface area (Å²) in [7, 11) is 0. The fraction of sp³-hybridized carbons (Fsp3) is 0.0368. The van der Waals surface area contributed by atoms with E-state index >= 15 is 0 Å². The molecule has 5 heteroatoms. The van der Waals surface area contributed by atoms with Gasteiger partial charge in [-0.2, -0.15) is 0 Å². The third kappa shape index (κ3) is 13.9. The van der Waals surface area contributed by atoms with Crippen LogP contribution in [0.5, 0.6) is 0 Å². The average molecular weight is 1800 g/mol. The van der Waals surface area contributed by atoms with Gasteiger partial charge in [0.15, 0.2) is 0 Å². The summed E-state index contributed by atoms with van der Waals surface area (Å²) >= 11 is 0. The molecule has 0 bridgehead atoms. The van der Waals surface area contributed by atoms with Gasteiger partial charge in [0.2, 0.25) is 0 Å². The van der Waals surface area contributed by atoms with Crippen molar-refractivity contribution < 1.29 is 0 Å². The Morgan fingerprint density at radius 3 is 0.929 bits per heavy atom. The van der Waals surface area contributed by atoms with E-state index in [1.54, 1.807) is 0 Å². The summed E-state index contributed by atoms with van der Waals surface area (Å²) in [4.78, 5) is 9.07. The lowest BCUT2D eigenvalue weighted by atomic mass is 9.67. The number of hydrogen-bond donors (Lipinski definition) is 0. The minimum Gasteiger partial charge on any atom is -0.310 e. The van der Waals surface area contributed by atoms with E-state index in [2.05, 4.69) is 559 Å². The van der Waals surface area contributed by atoms with Gasteiger partial charge in [-0.05, 0) is 284 Å². The smallest absolute Gasteiger partial charge is 0.0714 e. The van der Waals surface area contributed by atoms with E-state index in [4.69, 9.17) is 0 Å². The molecule has 0 spiro atoms. The van der Waals surface area contributed by atoms with Gasteiger partial charge in [0.25, 0.3) is 0 Å². The molecule has 3 heterocycles. The minimum absolute atomic E-state index is 0.103. The summed E-state index contributed by atoms with van der Waals surface area (Å²) in [5.41, 5.74) is 44.9. The fourth-order valence-electron chi connectivity index (χ4n) is 23.6. The normalized spacial score (nSPS) is 13.1. The van der Waals surface area contributed by atoms with E-state index in [9.17, 15) is 0 Å². The molecule has 141 heavy (non-hydrogen) atoms. The summed E-state index contributed by atoms with van der Waals surface area (Å²) in [6, 6.07) is 194. The van der Waals surface area contributed by atoms with Crippen molar-refractivity contribution in [3.05, 3.63) is 596 Å². The number of fused-ring (bicyclic) bond motifs is 15. The van der Waals surface area contributed by atoms with E-state index in [-0.39, 0.29) is 5.41 Å². The van der Waals surface area contributed by atoms with Crippen LogP contribution in [0.15, 0.2) is 540 Å². The molecule has 0 amide bonds. The van der Waals surface area contributed by atoms with Crippen molar-refractivity contribution in [3.63, 3.8) is 0 Å². The third-order valence-corrected chi connectivity index (χ3v) is 30.0. The molecule has 0 unspecified atom stereocenters. The van der Waals surface area contributed by atoms with Crippen LogP contribution in [0.2, 0.25) is 0 Å². The first kappa shape index (κ1) is 83.6. The summed E-state index contributed by atoms with van der Waals surface area (Å²) in [6.45, 7) is 4.71. The molecular weight excluding hydrogens is 1700 g/mol. The SMILES string of the molecule is CC1(C)c2ccccc2-c2ccc(N(c3ccccc3)c3cccc(-c4cccc(-c5ccc6c7ccccc7n(-c7ccc8c(c7)C(c7ccccc7)(c7ccccc7)c7ccccc7-8)c6c5)c4)c3)cc21.c1ccc(N(c2ccc(-c3cccnc3)cc2)c2cccc(-c3cccc(-c4ccc5c6ccccc6n(-c6ccc7c(c6)C(c6ccccc6)(c6ccccc6)c6ccccc6-7)c5c4)c3)c2)cc1. The lowest BCUT2D eigenvalue weighted by Gasteiger charge is -2.34. The van der Waals surface area contributed by atoms with Crippen LogP contribution in [0.25, 0.3) is 144 Å². The van der Waals surface area contributed by atoms with Crippen molar-refractivity contribution in [2.45, 2.75) is 30.1 Å². The van der Waals surface area contributed by atoms with Gasteiger partial charge in [-0.1, -0.05) is 402 Å². The Bertz CT molecular complexity index is 8850. The third-order valence-electron chi connectivity index (χ3n) is 30.0. The molecule has 0 aliphatic heterocycles. The maximum absolute atomic E-state index is 4.34. The predicted molar refractivity (Wildman–Crippen MR) is 588 cm³/mol. The van der Waals surface area contributed by atoms with Crippen molar-refractivity contribution in [1.29, 1.82) is 0 Å². The van der Waals surface area contributed by atoms with Crippen molar-refractivity contribution in [2.24, 2.45) is 0 Å². The van der Waals surface area contributed by atoms with Crippen molar-refractivity contribution >= 4 is 77.7 Å². The molecule has 0 atom stereocenters. The number of rotatable bonds is 17. The molecule has 0 saturated heterocycles. The van der Waals surface area contributed by atoms with Crippen LogP contribution in [0.4, 0.5) is 34.1 Å². The van der Waals surface area contributed by atoms with Gasteiger partial charge in [0.1, 0.15) is 0 Å². The first-order chi connectivity index (χ1) is 69.7. The number of aromatic nitrogens is 3. The van der Waals surface area contributed by atoms with Gasteiger partial charge >= 0.3 is 0 Å². The van der Waals surface area contributed by atoms with Crippen LogP contribution in [0.3, 0.4) is 0 Å². The maximum atomic E-state index is 4.34. The van der Waals surface area contributed by atoms with E-state index in [0.717, 1.165) is 67.8 Å². The van der Waals surface area contributed by atoms with Crippen molar-refractivity contribution in [3.8, 4) is 100 Å². The number of anilines is 6. The molecule has 21 aromatic carbocycles. The van der Waals surface area contributed by atoms with E-state index < -0.39 is 10.8 Å². The monoisotopic (exact) mass is 1800 g/mol. The zero-order valence-corrected chi connectivity index (χ0v) is 78.1. The summed E-state index contributed by atoms with van der Waals surface area (Å²) < 4.78 is 4.97. The van der Waals surface area contributed by atoms with Crippen LogP contribution in [0, 0.1) is 0 Å². The van der Waals surface area contributed by atoms with Crippen molar-refractivity contribution in [2.75, 3.05) is 9.80 Å². The van der Waals surface area contributed by atoms with Gasteiger partial charge in [-0.25, -0.2) is 0 Å². The summed E-state index contributed by atoms with van der Waals surface area (Å²) in [6.07, 6.45) is 3.72. The van der Waals surface area contributed by atoms with Gasteiger partial charge < -0.3 is 18.9 Å². The Labute approximate surface area is 822 Å². The largest absolute Gasteiger partial charge is 0.310 e. The minimum atomic E-state index is -0.491. The van der Waals surface area contributed by atoms with Crippen LogP contribution in [-0.2, 0) is 16.2 Å². The number of benzene rings is 21. The molecule has 24 aromatic rings. The number of nitrogens with zero attached hydrogens (tertiary/aromatic N) is 5. The lowest BCUT2D eigenvalue weighted by molar-refractivity contribution is 0.660. The second kappa shape index (κ2) is 34.3. The van der Waals surface area contributed by atoms with Crippen molar-refractivity contribution in [1.82, 2.24) is 14.1 Å². The highest BCUT2D eigenvalue weighted by Crippen LogP contribution is 2.60. The molecule has 3 aliphatic rings. The van der Waals surface area contributed by atoms with E-state index in [1.807, 2.05) is 18.5 Å². The number of hydrogen-bond acceptors (Lipinski definition) is 3. The standard InChI is InChI=1S/C70H50N2.C66H45N3/c1-69(2)63-33-15-12-30-57(63)59-40-37-55(45-65(59)69)71(53-27-10-5-11-28-53)54-29-19-22-49(43-54)47-20-18-21-48(42-47)50-36-39-62-61-32-14-17-35-67(61)72(68(62)44-50)56-38-41-60-58-31-13-16-34-64(58)70(66(60)46-56,51-23-6-3-7-24-51)52-25-8-4-9-26-52;1-4-21-52(22-5-1)66(53-23-6-2-7-24-53)62-30-12-10-28-58(62)59-39-37-57(44-63(59)66)69-64-31-13-11-29-60(64)61-38-34-50(43-65(61)69)48-18-14-17-47(41-48)49-19-15-27-56(42-49)68(54-25-8-3-9-26-54)55-35-32-46(33-36-55)51-20-16-40-67-45-51/h3-46H,1-2H3;1-45H. The topological polar surface area (TPSA) is 29.2 Å². The van der Waals surface area contributed by atoms with Crippen LogP contribution < -0.4 is 9.80 Å². The number of pyridine rings is 1. The second-order valence-corrected chi connectivity index (χ2v) is 38.0. The van der Waals surface area contributed by atoms with Crippen LogP contribution in [0.1, 0.15) is 69.5 Å². The van der Waals surface area contributed by atoms with Crippen LogP contribution >= 0.6 is 0 Å². The Morgan fingerprint density at radius 1 is 0.184 bits per heavy atom. The highest BCUT2D eigenvalue weighted by molar-refractivity contribution is 6.12. The molecule has 27 rings (SSSR count). The predicted octanol–water partition coefficient (Wildman–Crippen LogP) is 35.3. The first-order valence-corrected chi connectivity index (χ1v) is 48.8. The van der Waals surface area contributed by atoms with Gasteiger partial charge in [0.05, 0.1) is 32.9 Å². The van der Waals surface area contributed by atoms with E-state index in [1.165, 1.54) is 166 Å². The highest BCUT2D eigenvalue weighted by Gasteiger charge is 2.48. The average Bonchev–Trinajstić information content (AvgIpc) is 1.54. The van der Waals surface area contributed by atoms with Crippen LogP contribution in [-0.4, -0.2) is 14.1 Å². The second-order valence-electron chi connectivity index (χ2n) is 38.0. The molecule has 5 nitrogen and oxygen atoms in total. The molecular formula is C136H95N5. The Morgan fingerprint density at radius 2 is 0.489 bits per heavy atom. The lowest BCUT2D eigenvalue weighted by Crippen LogP contribution is -2.28. The molecule has 3 aliphatic carbocycles. The quantitative estimate of drug-likeness (QED) is 0.0910. The molecule has 664 valence electrons. The first-order valence-electron chi connectivity index (χ1n) is 48.8. The summed E-state index contributed by atoms with van der Waals surface area (Å²) in [5.74, 6) is 0. The molecule has 3 aromatic heterocycles. The van der Waals surface area contributed by atoms with Gasteiger partial charge in [0, 0.05) is 84.9 Å². The Kier molecular flexibility index (Phi) is 20.4.